The molecule has 5 heteroatoms. The largest absolute Gasteiger partial charge is 0.481 e. The second-order valence-electron chi connectivity index (χ2n) is 5.98. The molecule has 0 aliphatic carbocycles. The zero-order chi connectivity index (χ0) is 14.9. The minimum Gasteiger partial charge on any atom is -0.481 e. The van der Waals surface area contributed by atoms with Crippen LogP contribution in [0.2, 0.25) is 0 Å². The molecule has 0 bridgehead atoms. The van der Waals surface area contributed by atoms with Crippen LogP contribution in [0.4, 0.5) is 0 Å². The molecular formula is C15H28N4O. The molecule has 2 rings (SSSR count). The maximum atomic E-state index is 6.11. The van der Waals surface area contributed by atoms with E-state index in [0.717, 1.165) is 23.7 Å². The van der Waals surface area contributed by atoms with Crippen molar-refractivity contribution in [1.29, 1.82) is 0 Å². The molecule has 3 unspecified atom stereocenters. The molecule has 1 fully saturated rings. The first-order chi connectivity index (χ1) is 9.51. The third-order valence-corrected chi connectivity index (χ3v) is 4.79. The number of nitrogens with two attached hydrogens (primary N) is 1. The summed E-state index contributed by atoms with van der Waals surface area (Å²) >= 11 is 0. The Kier molecular flexibility index (Phi) is 4.70. The van der Waals surface area contributed by atoms with Gasteiger partial charge in [0.2, 0.25) is 5.88 Å². The molecule has 0 amide bonds. The summed E-state index contributed by atoms with van der Waals surface area (Å²) in [6.45, 7) is 8.38. The van der Waals surface area contributed by atoms with E-state index in [-0.39, 0.29) is 6.04 Å². The fourth-order valence-electron chi connectivity index (χ4n) is 3.51. The molecule has 114 valence electrons. The highest BCUT2D eigenvalue weighted by Gasteiger charge is 2.34. The van der Waals surface area contributed by atoms with Crippen LogP contribution in [-0.2, 0) is 7.05 Å². The van der Waals surface area contributed by atoms with E-state index in [1.807, 2.05) is 18.7 Å². The van der Waals surface area contributed by atoms with Crippen LogP contribution in [0.25, 0.3) is 0 Å². The van der Waals surface area contributed by atoms with E-state index < -0.39 is 0 Å². The lowest BCUT2D eigenvalue weighted by molar-refractivity contribution is 0.0695. The monoisotopic (exact) mass is 280 g/mol. The van der Waals surface area contributed by atoms with Crippen LogP contribution in [0.5, 0.6) is 5.88 Å². The molecule has 0 radical (unpaired) electrons. The van der Waals surface area contributed by atoms with Crippen LogP contribution in [0, 0.1) is 12.8 Å². The Morgan fingerprint density at radius 3 is 2.75 bits per heavy atom. The Hall–Kier alpha value is -1.07. The maximum absolute atomic E-state index is 6.11. The highest BCUT2D eigenvalue weighted by Crippen LogP contribution is 2.36. The van der Waals surface area contributed by atoms with Crippen molar-refractivity contribution in [1.82, 2.24) is 14.7 Å². The molecule has 0 spiro atoms. The lowest BCUT2D eigenvalue weighted by Gasteiger charge is -2.42. The van der Waals surface area contributed by atoms with Crippen molar-refractivity contribution in [3.05, 3.63) is 11.3 Å². The van der Waals surface area contributed by atoms with Gasteiger partial charge in [-0.05, 0) is 39.2 Å². The predicted octanol–water partition coefficient (Wildman–Crippen LogP) is 1.86. The molecule has 0 saturated carbocycles. The molecule has 20 heavy (non-hydrogen) atoms. The standard InChI is InChI=1S/C15H28N4O/c1-10-7-6-8-19(12(10)3)13(9-16)14-11(2)17-18(4)15(14)20-5/h10,12-13H,6-9,16H2,1-5H3. The van der Waals surface area contributed by atoms with Gasteiger partial charge in [-0.25, -0.2) is 4.68 Å². The second-order valence-corrected chi connectivity index (χ2v) is 5.98. The summed E-state index contributed by atoms with van der Waals surface area (Å²) in [7, 11) is 3.63. The third kappa shape index (κ3) is 2.56. The summed E-state index contributed by atoms with van der Waals surface area (Å²) < 4.78 is 7.36. The maximum Gasteiger partial charge on any atom is 0.216 e. The number of aryl methyl sites for hydroxylation is 2. The van der Waals surface area contributed by atoms with Crippen molar-refractivity contribution in [2.24, 2.45) is 18.7 Å². The SMILES string of the molecule is COc1c(C(CN)N2CCCC(C)C2C)c(C)nn1C. The van der Waals surface area contributed by atoms with Crippen molar-refractivity contribution in [3.8, 4) is 5.88 Å². The number of ether oxygens (including phenoxy) is 1. The number of aromatic nitrogens is 2. The number of piperidine rings is 1. The number of hydrogen-bond donors (Lipinski definition) is 1. The van der Waals surface area contributed by atoms with Gasteiger partial charge >= 0.3 is 0 Å². The summed E-state index contributed by atoms with van der Waals surface area (Å²) in [6.07, 6.45) is 2.54. The minimum atomic E-state index is 0.191. The zero-order valence-corrected chi connectivity index (χ0v) is 13.4. The predicted molar refractivity (Wildman–Crippen MR) is 80.9 cm³/mol. The number of hydrogen-bond acceptors (Lipinski definition) is 4. The summed E-state index contributed by atoms with van der Waals surface area (Å²) in [5, 5.41) is 4.50. The summed E-state index contributed by atoms with van der Waals surface area (Å²) in [4.78, 5) is 2.53. The molecule has 3 atom stereocenters. The molecule has 1 aromatic rings. The lowest BCUT2D eigenvalue weighted by Crippen LogP contribution is -2.46. The van der Waals surface area contributed by atoms with Gasteiger partial charge in [-0.2, -0.15) is 5.10 Å². The average molecular weight is 280 g/mol. The van der Waals surface area contributed by atoms with Crippen molar-refractivity contribution < 1.29 is 4.74 Å². The second kappa shape index (κ2) is 6.14. The van der Waals surface area contributed by atoms with E-state index in [1.54, 1.807) is 7.11 Å². The topological polar surface area (TPSA) is 56.3 Å². The van der Waals surface area contributed by atoms with Crippen molar-refractivity contribution >= 4 is 0 Å². The summed E-state index contributed by atoms with van der Waals surface area (Å²) in [5.74, 6) is 1.55. The van der Waals surface area contributed by atoms with Gasteiger partial charge in [0.15, 0.2) is 0 Å². The van der Waals surface area contributed by atoms with Crippen molar-refractivity contribution in [2.75, 3.05) is 20.2 Å². The normalized spacial score (nSPS) is 25.7. The zero-order valence-electron chi connectivity index (χ0n) is 13.4. The molecular weight excluding hydrogens is 252 g/mol. The first-order valence-electron chi connectivity index (χ1n) is 7.54. The van der Waals surface area contributed by atoms with Gasteiger partial charge in [-0.15, -0.1) is 0 Å². The average Bonchev–Trinajstić information content (AvgIpc) is 2.70. The van der Waals surface area contributed by atoms with Gasteiger partial charge in [0.05, 0.1) is 24.4 Å². The van der Waals surface area contributed by atoms with E-state index in [1.165, 1.54) is 12.8 Å². The molecule has 1 aromatic heterocycles. The fourth-order valence-corrected chi connectivity index (χ4v) is 3.51. The molecule has 1 aliphatic rings. The highest BCUT2D eigenvalue weighted by atomic mass is 16.5. The van der Waals surface area contributed by atoms with Crippen LogP contribution in [-0.4, -0.2) is 40.9 Å². The minimum absolute atomic E-state index is 0.191. The smallest absolute Gasteiger partial charge is 0.216 e. The first-order valence-corrected chi connectivity index (χ1v) is 7.54. The number of methoxy groups -OCH3 is 1. The Bertz CT molecular complexity index is 457. The van der Waals surface area contributed by atoms with E-state index >= 15 is 0 Å². The third-order valence-electron chi connectivity index (χ3n) is 4.79. The van der Waals surface area contributed by atoms with E-state index in [2.05, 4.69) is 23.8 Å². The molecule has 1 saturated heterocycles. The highest BCUT2D eigenvalue weighted by molar-refractivity contribution is 5.34. The van der Waals surface area contributed by atoms with Gasteiger partial charge in [-0.3, -0.25) is 4.90 Å². The van der Waals surface area contributed by atoms with Crippen molar-refractivity contribution in [3.63, 3.8) is 0 Å². The van der Waals surface area contributed by atoms with Gasteiger partial charge in [0.25, 0.3) is 0 Å². The Morgan fingerprint density at radius 1 is 1.45 bits per heavy atom. The fraction of sp³-hybridized carbons (Fsp3) is 0.800. The van der Waals surface area contributed by atoms with Crippen LogP contribution >= 0.6 is 0 Å². The van der Waals surface area contributed by atoms with Gasteiger partial charge in [0, 0.05) is 19.6 Å². The molecule has 0 aromatic carbocycles. The van der Waals surface area contributed by atoms with Crippen LogP contribution in [0.3, 0.4) is 0 Å². The van der Waals surface area contributed by atoms with E-state index in [9.17, 15) is 0 Å². The van der Waals surface area contributed by atoms with Crippen LogP contribution in [0.15, 0.2) is 0 Å². The number of nitrogens with zero attached hydrogens (tertiary/aromatic N) is 3. The van der Waals surface area contributed by atoms with Crippen molar-refractivity contribution in [2.45, 2.75) is 45.7 Å². The first kappa shape index (κ1) is 15.3. The van der Waals surface area contributed by atoms with Crippen LogP contribution in [0.1, 0.15) is 44.0 Å². The summed E-state index contributed by atoms with van der Waals surface area (Å²) in [5.41, 5.74) is 8.28. The Morgan fingerprint density at radius 2 is 2.15 bits per heavy atom. The van der Waals surface area contributed by atoms with Crippen LogP contribution < -0.4 is 10.5 Å². The van der Waals surface area contributed by atoms with Gasteiger partial charge < -0.3 is 10.5 Å². The number of rotatable bonds is 4. The molecule has 5 nitrogen and oxygen atoms in total. The number of likely N-dealkylation sites (tertiary alicyclic amines) is 1. The van der Waals surface area contributed by atoms with Gasteiger partial charge in [0.1, 0.15) is 0 Å². The van der Waals surface area contributed by atoms with E-state index in [4.69, 9.17) is 10.5 Å². The summed E-state index contributed by atoms with van der Waals surface area (Å²) in [6, 6.07) is 0.734. The molecule has 1 aliphatic heterocycles. The lowest BCUT2D eigenvalue weighted by atomic mass is 9.89. The quantitative estimate of drug-likeness (QED) is 0.914. The Balaban J connectivity index is 2.37. The Labute approximate surface area is 122 Å². The molecule has 2 N–H and O–H groups in total. The molecule has 2 heterocycles. The van der Waals surface area contributed by atoms with Gasteiger partial charge in [-0.1, -0.05) is 6.92 Å². The van der Waals surface area contributed by atoms with E-state index in [0.29, 0.717) is 18.5 Å².